The number of hydrogen-bond acceptors (Lipinski definition) is 5. The van der Waals surface area contributed by atoms with Gasteiger partial charge in [-0.05, 0) is 25.1 Å². The number of rotatable bonds is 3. The first kappa shape index (κ1) is 14.5. The molecule has 1 N–H and O–H groups in total. The smallest absolute Gasteiger partial charge is 0.337 e. The van der Waals surface area contributed by atoms with Gasteiger partial charge in [0, 0.05) is 4.88 Å². The maximum absolute atomic E-state index is 12.1. The summed E-state index contributed by atoms with van der Waals surface area (Å²) in [6.07, 6.45) is 0. The first-order valence-electron chi connectivity index (χ1n) is 5.62. The van der Waals surface area contributed by atoms with Gasteiger partial charge in [0.2, 0.25) is 0 Å². The van der Waals surface area contributed by atoms with Crippen molar-refractivity contribution in [3.63, 3.8) is 0 Å². The van der Waals surface area contributed by atoms with E-state index in [0.29, 0.717) is 22.0 Å². The van der Waals surface area contributed by atoms with Crippen LogP contribution in [0.1, 0.15) is 25.7 Å². The lowest BCUT2D eigenvalue weighted by Crippen LogP contribution is -2.14. The van der Waals surface area contributed by atoms with Gasteiger partial charge in [-0.2, -0.15) is 0 Å². The number of carbonyl (C=O) groups excluding carboxylic acids is 2. The van der Waals surface area contributed by atoms with Gasteiger partial charge in [0.25, 0.3) is 5.91 Å². The molecule has 0 aliphatic carbocycles. The first-order valence-corrected chi connectivity index (χ1v) is 6.88. The Kier molecular flexibility index (Phi) is 4.36. The van der Waals surface area contributed by atoms with Crippen LogP contribution in [0.4, 0.5) is 5.69 Å². The second-order valence-corrected chi connectivity index (χ2v) is 5.36. The van der Waals surface area contributed by atoms with Crippen LogP contribution in [0.3, 0.4) is 0 Å². The molecular weight excluding hydrogens is 300 g/mol. The molecule has 0 fully saturated rings. The second kappa shape index (κ2) is 6.02. The van der Waals surface area contributed by atoms with Crippen molar-refractivity contribution >= 4 is 40.5 Å². The van der Waals surface area contributed by atoms with Gasteiger partial charge in [-0.25, -0.2) is 9.78 Å². The van der Waals surface area contributed by atoms with Gasteiger partial charge in [-0.3, -0.25) is 4.79 Å². The summed E-state index contributed by atoms with van der Waals surface area (Å²) in [5.74, 6) is -0.866. The summed E-state index contributed by atoms with van der Waals surface area (Å²) >= 11 is 7.38. The number of nitrogens with one attached hydrogen (secondary N) is 1. The van der Waals surface area contributed by atoms with E-state index in [1.54, 1.807) is 12.4 Å². The molecule has 0 atom stereocenters. The molecule has 2 aromatic rings. The van der Waals surface area contributed by atoms with Crippen molar-refractivity contribution < 1.29 is 14.3 Å². The van der Waals surface area contributed by atoms with Gasteiger partial charge in [0.15, 0.2) is 0 Å². The SMILES string of the molecule is COC(=O)c1ccc(Cl)c(NC(=O)c2ncsc2C)c1. The number of aromatic nitrogens is 1. The Morgan fingerprint density at radius 3 is 2.75 bits per heavy atom. The third-order valence-corrected chi connectivity index (χ3v) is 3.68. The standard InChI is InChI=1S/C13H11ClN2O3S/c1-7-11(15-6-20-7)12(17)16-10-5-8(13(18)19-2)3-4-9(10)14/h3-6H,1-2H3,(H,16,17). The number of halogens is 1. The number of anilines is 1. The minimum Gasteiger partial charge on any atom is -0.465 e. The van der Waals surface area contributed by atoms with Crippen molar-refractivity contribution in [3.05, 3.63) is 44.9 Å². The largest absolute Gasteiger partial charge is 0.465 e. The zero-order valence-corrected chi connectivity index (χ0v) is 12.3. The molecule has 0 saturated heterocycles. The van der Waals surface area contributed by atoms with Crippen molar-refractivity contribution in [1.29, 1.82) is 0 Å². The molecule has 1 aromatic heterocycles. The van der Waals surface area contributed by atoms with E-state index in [1.165, 1.54) is 36.6 Å². The number of carbonyl (C=O) groups is 2. The van der Waals surface area contributed by atoms with E-state index >= 15 is 0 Å². The Hall–Kier alpha value is -1.92. The monoisotopic (exact) mass is 310 g/mol. The second-order valence-electron chi connectivity index (χ2n) is 3.90. The Labute approximate surface area is 124 Å². The van der Waals surface area contributed by atoms with E-state index in [9.17, 15) is 9.59 Å². The lowest BCUT2D eigenvalue weighted by molar-refractivity contribution is 0.0600. The summed E-state index contributed by atoms with van der Waals surface area (Å²) in [5.41, 5.74) is 2.58. The van der Waals surface area contributed by atoms with Gasteiger partial charge < -0.3 is 10.1 Å². The maximum atomic E-state index is 12.1. The fourth-order valence-electron chi connectivity index (χ4n) is 1.57. The van der Waals surface area contributed by atoms with Crippen LogP contribution in [0.2, 0.25) is 5.02 Å². The number of methoxy groups -OCH3 is 1. The number of nitrogens with zero attached hydrogens (tertiary/aromatic N) is 1. The molecule has 104 valence electrons. The Bertz CT molecular complexity index is 669. The third kappa shape index (κ3) is 2.97. The van der Waals surface area contributed by atoms with Gasteiger partial charge in [0.05, 0.1) is 28.9 Å². The van der Waals surface area contributed by atoms with Crippen LogP contribution in [0, 0.1) is 6.92 Å². The molecule has 0 aliphatic heterocycles. The van der Waals surface area contributed by atoms with E-state index in [1.807, 2.05) is 0 Å². The number of hydrogen-bond donors (Lipinski definition) is 1. The molecule has 0 aliphatic rings. The normalized spacial score (nSPS) is 10.2. The number of aryl methyl sites for hydroxylation is 1. The van der Waals surface area contributed by atoms with Crippen LogP contribution >= 0.6 is 22.9 Å². The molecule has 0 unspecified atom stereocenters. The van der Waals surface area contributed by atoms with Crippen molar-refractivity contribution in [2.24, 2.45) is 0 Å². The van der Waals surface area contributed by atoms with Crippen LogP contribution in [0.5, 0.6) is 0 Å². The Morgan fingerprint density at radius 2 is 2.15 bits per heavy atom. The van der Waals surface area contributed by atoms with Crippen LogP contribution in [0.25, 0.3) is 0 Å². The number of ether oxygens (including phenoxy) is 1. The Balaban J connectivity index is 2.27. The first-order chi connectivity index (χ1) is 9.52. The fraction of sp³-hybridized carbons (Fsp3) is 0.154. The Morgan fingerprint density at radius 1 is 1.40 bits per heavy atom. The zero-order valence-electron chi connectivity index (χ0n) is 10.8. The zero-order chi connectivity index (χ0) is 14.7. The van der Waals surface area contributed by atoms with Crippen LogP contribution in [-0.4, -0.2) is 24.0 Å². The summed E-state index contributed by atoms with van der Waals surface area (Å²) in [6, 6.07) is 4.52. The van der Waals surface area contributed by atoms with Gasteiger partial charge >= 0.3 is 5.97 Å². The molecular formula is C13H11ClN2O3S. The van der Waals surface area contributed by atoms with Crippen LogP contribution in [-0.2, 0) is 4.74 Å². The molecule has 0 bridgehead atoms. The molecule has 20 heavy (non-hydrogen) atoms. The lowest BCUT2D eigenvalue weighted by Gasteiger charge is -2.08. The molecule has 2 rings (SSSR count). The summed E-state index contributed by atoms with van der Waals surface area (Å²) < 4.78 is 4.62. The molecule has 0 spiro atoms. The van der Waals surface area contributed by atoms with E-state index in [4.69, 9.17) is 11.6 Å². The molecule has 1 heterocycles. The predicted molar refractivity (Wildman–Crippen MR) is 77.6 cm³/mol. The summed E-state index contributed by atoms with van der Waals surface area (Å²) in [5, 5.41) is 2.97. The molecule has 1 amide bonds. The fourth-order valence-corrected chi connectivity index (χ4v) is 2.31. The third-order valence-electron chi connectivity index (χ3n) is 2.60. The maximum Gasteiger partial charge on any atom is 0.337 e. The summed E-state index contributed by atoms with van der Waals surface area (Å²) in [6.45, 7) is 1.80. The molecule has 0 radical (unpaired) electrons. The van der Waals surface area contributed by atoms with Crippen molar-refractivity contribution in [3.8, 4) is 0 Å². The highest BCUT2D eigenvalue weighted by molar-refractivity contribution is 7.09. The predicted octanol–water partition coefficient (Wildman–Crippen LogP) is 3.14. The summed E-state index contributed by atoms with van der Waals surface area (Å²) in [4.78, 5) is 28.3. The van der Waals surface area contributed by atoms with Crippen LogP contribution < -0.4 is 5.32 Å². The minimum atomic E-state index is -0.498. The van der Waals surface area contributed by atoms with Crippen molar-refractivity contribution in [2.45, 2.75) is 6.92 Å². The van der Waals surface area contributed by atoms with Crippen molar-refractivity contribution in [1.82, 2.24) is 4.98 Å². The van der Waals surface area contributed by atoms with E-state index in [-0.39, 0.29) is 5.91 Å². The molecule has 7 heteroatoms. The van der Waals surface area contributed by atoms with E-state index < -0.39 is 5.97 Å². The average molecular weight is 311 g/mol. The van der Waals surface area contributed by atoms with E-state index in [0.717, 1.165) is 4.88 Å². The highest BCUT2D eigenvalue weighted by Gasteiger charge is 2.15. The highest BCUT2D eigenvalue weighted by Crippen LogP contribution is 2.24. The number of benzene rings is 1. The van der Waals surface area contributed by atoms with Gasteiger partial charge in [-0.1, -0.05) is 11.6 Å². The molecule has 5 nitrogen and oxygen atoms in total. The van der Waals surface area contributed by atoms with Crippen LogP contribution in [0.15, 0.2) is 23.7 Å². The number of thiazole rings is 1. The quantitative estimate of drug-likeness (QED) is 0.884. The molecule has 1 aromatic carbocycles. The number of amides is 1. The molecule has 0 saturated carbocycles. The number of esters is 1. The topological polar surface area (TPSA) is 68.3 Å². The van der Waals surface area contributed by atoms with Crippen molar-refractivity contribution in [2.75, 3.05) is 12.4 Å². The minimum absolute atomic E-state index is 0.308. The average Bonchev–Trinajstić information content (AvgIpc) is 2.86. The highest BCUT2D eigenvalue weighted by atomic mass is 35.5. The van der Waals surface area contributed by atoms with Gasteiger partial charge in [-0.15, -0.1) is 11.3 Å². The summed E-state index contributed by atoms with van der Waals surface area (Å²) in [7, 11) is 1.29. The lowest BCUT2D eigenvalue weighted by atomic mass is 10.2. The van der Waals surface area contributed by atoms with E-state index in [2.05, 4.69) is 15.0 Å². The van der Waals surface area contributed by atoms with Gasteiger partial charge in [0.1, 0.15) is 5.69 Å².